The summed E-state index contributed by atoms with van der Waals surface area (Å²) in [6.45, 7) is 3.57. The van der Waals surface area contributed by atoms with E-state index < -0.39 is 13.0 Å². The van der Waals surface area contributed by atoms with Crippen LogP contribution in [-0.4, -0.2) is 52.0 Å². The molecule has 0 bridgehead atoms. The number of hydrogen-bond donors (Lipinski definition) is 2. The summed E-state index contributed by atoms with van der Waals surface area (Å²) in [6, 6.07) is 5.56. The molecule has 0 aliphatic heterocycles. The van der Waals surface area contributed by atoms with Crippen molar-refractivity contribution in [2.24, 2.45) is 0 Å². The number of benzene rings is 1. The summed E-state index contributed by atoms with van der Waals surface area (Å²) < 4.78 is 31.9. The Kier molecular flexibility index (Phi) is 6.94. The van der Waals surface area contributed by atoms with E-state index in [1.807, 2.05) is 32.2 Å². The number of amides is 1. The van der Waals surface area contributed by atoms with Crippen molar-refractivity contribution in [2.75, 3.05) is 19.8 Å². The maximum Gasteiger partial charge on any atom is 0.272 e. The van der Waals surface area contributed by atoms with Crippen LogP contribution in [0.3, 0.4) is 0 Å². The maximum absolute atomic E-state index is 12.4. The van der Waals surface area contributed by atoms with Crippen LogP contribution in [0.1, 0.15) is 22.4 Å². The smallest absolute Gasteiger partial charge is 0.272 e. The van der Waals surface area contributed by atoms with Gasteiger partial charge >= 0.3 is 0 Å². The van der Waals surface area contributed by atoms with E-state index in [1.165, 1.54) is 0 Å². The predicted octanol–water partition coefficient (Wildman–Crippen LogP) is 2.39. The number of halogens is 2. The number of ether oxygens (including phenoxy) is 1. The zero-order valence-electron chi connectivity index (χ0n) is 16.9. The van der Waals surface area contributed by atoms with Crippen LogP contribution in [0.15, 0.2) is 30.6 Å². The molecule has 0 saturated heterocycles. The van der Waals surface area contributed by atoms with Crippen molar-refractivity contribution in [1.82, 2.24) is 20.1 Å². The van der Waals surface area contributed by atoms with Crippen LogP contribution in [-0.2, 0) is 17.8 Å². The summed E-state index contributed by atoms with van der Waals surface area (Å²) >= 11 is 0. The lowest BCUT2D eigenvalue weighted by Crippen LogP contribution is -2.28. The van der Waals surface area contributed by atoms with Gasteiger partial charge in [-0.2, -0.15) is 5.10 Å². The Morgan fingerprint density at radius 1 is 1.30 bits per heavy atom. The van der Waals surface area contributed by atoms with Gasteiger partial charge in [-0.05, 0) is 36.6 Å². The molecule has 0 radical (unpaired) electrons. The van der Waals surface area contributed by atoms with Crippen molar-refractivity contribution in [2.45, 2.75) is 33.2 Å². The van der Waals surface area contributed by atoms with E-state index in [2.05, 4.69) is 15.4 Å². The summed E-state index contributed by atoms with van der Waals surface area (Å²) in [7, 11) is 0. The molecule has 0 spiro atoms. The van der Waals surface area contributed by atoms with Crippen LogP contribution in [0.25, 0.3) is 10.9 Å². The maximum atomic E-state index is 12.4. The van der Waals surface area contributed by atoms with Gasteiger partial charge in [0.1, 0.15) is 12.4 Å². The highest BCUT2D eigenvalue weighted by molar-refractivity contribution is 5.86. The number of pyridine rings is 1. The normalized spacial score (nSPS) is 11.3. The van der Waals surface area contributed by atoms with E-state index in [0.29, 0.717) is 18.0 Å². The fraction of sp³-hybridized carbons (Fsp3) is 0.381. The fourth-order valence-electron chi connectivity index (χ4n) is 3.37. The number of aliphatic hydroxyl groups is 1. The van der Waals surface area contributed by atoms with Crippen molar-refractivity contribution in [1.29, 1.82) is 0 Å². The van der Waals surface area contributed by atoms with Crippen LogP contribution in [0, 0.1) is 13.8 Å². The van der Waals surface area contributed by atoms with E-state index in [1.54, 1.807) is 16.9 Å². The summed E-state index contributed by atoms with van der Waals surface area (Å²) in [5.74, 6) is 0.257. The number of aromatic nitrogens is 3. The molecular weight excluding hydrogens is 394 g/mol. The standard InChI is InChI=1S/C21H24F2N4O3/c1-13-7-15(8-14(2)21(13)30-12-19(22)23)10-27-11-16-17(26-27)3-4-24-18(16)9-20(29)25-5-6-28/h3-4,7-8,11,19,28H,5-6,9-10,12H2,1-2H3,(H,25,29). The second-order valence-electron chi connectivity index (χ2n) is 7.03. The topological polar surface area (TPSA) is 89.3 Å². The molecule has 3 rings (SSSR count). The average molecular weight is 418 g/mol. The van der Waals surface area contributed by atoms with Crippen molar-refractivity contribution in [3.05, 3.63) is 53.0 Å². The Morgan fingerprint density at radius 2 is 2.03 bits per heavy atom. The highest BCUT2D eigenvalue weighted by Gasteiger charge is 2.13. The molecule has 0 saturated carbocycles. The van der Waals surface area contributed by atoms with Crippen LogP contribution in [0.4, 0.5) is 8.78 Å². The molecule has 0 aliphatic carbocycles. The van der Waals surface area contributed by atoms with Gasteiger partial charge in [-0.15, -0.1) is 0 Å². The van der Waals surface area contributed by atoms with Crippen LogP contribution < -0.4 is 10.1 Å². The first-order chi connectivity index (χ1) is 14.4. The van der Waals surface area contributed by atoms with Gasteiger partial charge in [0.05, 0.1) is 30.8 Å². The number of fused-ring (bicyclic) bond motifs is 1. The van der Waals surface area contributed by atoms with Gasteiger partial charge in [0.2, 0.25) is 5.91 Å². The monoisotopic (exact) mass is 418 g/mol. The molecule has 0 aliphatic rings. The lowest BCUT2D eigenvalue weighted by atomic mass is 10.1. The highest BCUT2D eigenvalue weighted by atomic mass is 19.3. The summed E-state index contributed by atoms with van der Waals surface area (Å²) in [6.07, 6.45) is 1.02. The van der Waals surface area contributed by atoms with E-state index >= 15 is 0 Å². The first kappa shape index (κ1) is 21.6. The fourth-order valence-corrected chi connectivity index (χ4v) is 3.37. The van der Waals surface area contributed by atoms with Crippen molar-refractivity contribution >= 4 is 16.8 Å². The zero-order chi connectivity index (χ0) is 21.7. The number of carbonyl (C=O) groups is 1. The Labute approximate surface area is 172 Å². The van der Waals surface area contributed by atoms with Crippen LogP contribution in [0.5, 0.6) is 5.75 Å². The molecule has 30 heavy (non-hydrogen) atoms. The van der Waals surface area contributed by atoms with Gasteiger partial charge in [0.25, 0.3) is 6.43 Å². The minimum absolute atomic E-state index is 0.0947. The van der Waals surface area contributed by atoms with Crippen molar-refractivity contribution in [3.63, 3.8) is 0 Å². The lowest BCUT2D eigenvalue weighted by molar-refractivity contribution is -0.120. The van der Waals surface area contributed by atoms with Gasteiger partial charge in [-0.25, -0.2) is 8.78 Å². The minimum atomic E-state index is -2.52. The molecule has 2 aromatic heterocycles. The quantitative estimate of drug-likeness (QED) is 0.557. The molecule has 1 aromatic carbocycles. The van der Waals surface area contributed by atoms with E-state index in [9.17, 15) is 13.6 Å². The predicted molar refractivity (Wildman–Crippen MR) is 108 cm³/mol. The largest absolute Gasteiger partial charge is 0.487 e. The third-order valence-corrected chi connectivity index (χ3v) is 4.54. The van der Waals surface area contributed by atoms with Gasteiger partial charge in [0, 0.05) is 24.3 Å². The SMILES string of the molecule is Cc1cc(Cn2cc3c(CC(=O)NCCO)nccc3n2)cc(C)c1OCC(F)F. The van der Waals surface area contributed by atoms with Crippen LogP contribution >= 0.6 is 0 Å². The Hall–Kier alpha value is -3.07. The number of aryl methyl sites for hydroxylation is 2. The molecule has 9 heteroatoms. The zero-order valence-corrected chi connectivity index (χ0v) is 16.9. The number of aliphatic hydroxyl groups excluding tert-OH is 1. The van der Waals surface area contributed by atoms with E-state index in [-0.39, 0.29) is 25.5 Å². The first-order valence-corrected chi connectivity index (χ1v) is 9.57. The molecular formula is C21H24F2N4O3. The summed E-state index contributed by atoms with van der Waals surface area (Å²) in [5.41, 5.74) is 3.85. The van der Waals surface area contributed by atoms with Crippen molar-refractivity contribution in [3.8, 4) is 5.75 Å². The second kappa shape index (κ2) is 9.62. The van der Waals surface area contributed by atoms with Crippen LogP contribution in [0.2, 0.25) is 0 Å². The van der Waals surface area contributed by atoms with Gasteiger partial charge < -0.3 is 15.2 Å². The minimum Gasteiger partial charge on any atom is -0.487 e. The third-order valence-electron chi connectivity index (χ3n) is 4.54. The van der Waals surface area contributed by atoms with Gasteiger partial charge in [0.15, 0.2) is 0 Å². The van der Waals surface area contributed by atoms with E-state index in [0.717, 1.165) is 27.6 Å². The number of carbonyl (C=O) groups excluding carboxylic acids is 1. The molecule has 2 N–H and O–H groups in total. The molecule has 160 valence electrons. The molecule has 7 nitrogen and oxygen atoms in total. The summed E-state index contributed by atoms with van der Waals surface area (Å²) in [5, 5.41) is 16.8. The number of nitrogens with zero attached hydrogens (tertiary/aromatic N) is 3. The number of rotatable bonds is 9. The number of alkyl halides is 2. The average Bonchev–Trinajstić information content (AvgIpc) is 3.09. The summed E-state index contributed by atoms with van der Waals surface area (Å²) in [4.78, 5) is 16.3. The lowest BCUT2D eigenvalue weighted by Gasteiger charge is -2.14. The molecule has 0 unspecified atom stereocenters. The highest BCUT2D eigenvalue weighted by Crippen LogP contribution is 2.26. The molecule has 1 amide bonds. The number of nitrogens with one attached hydrogen (secondary N) is 1. The Morgan fingerprint density at radius 3 is 2.70 bits per heavy atom. The van der Waals surface area contributed by atoms with E-state index in [4.69, 9.17) is 9.84 Å². The Bertz CT molecular complexity index is 1010. The molecule has 0 fully saturated rings. The Balaban J connectivity index is 1.79. The van der Waals surface area contributed by atoms with Crippen molar-refractivity contribution < 1.29 is 23.4 Å². The molecule has 3 aromatic rings. The van der Waals surface area contributed by atoms with Gasteiger partial charge in [-0.1, -0.05) is 12.1 Å². The first-order valence-electron chi connectivity index (χ1n) is 9.57. The molecule has 2 heterocycles. The third kappa shape index (κ3) is 5.29. The second-order valence-corrected chi connectivity index (χ2v) is 7.03. The number of hydrogen-bond acceptors (Lipinski definition) is 5. The molecule has 0 atom stereocenters. The van der Waals surface area contributed by atoms with Gasteiger partial charge in [-0.3, -0.25) is 14.5 Å².